The van der Waals surface area contributed by atoms with Gasteiger partial charge in [-0.15, -0.1) is 0 Å². The summed E-state index contributed by atoms with van der Waals surface area (Å²) in [4.78, 5) is 12.9. The number of aliphatic hydroxyl groups excluding tert-OH is 5. The second-order valence-corrected chi connectivity index (χ2v) is 15.1. The van der Waals surface area contributed by atoms with Gasteiger partial charge in [0.25, 0.3) is 0 Å². The number of nitrogens with one attached hydrogen (secondary N) is 1. The van der Waals surface area contributed by atoms with Crippen LogP contribution in [0.1, 0.15) is 168 Å². The van der Waals surface area contributed by atoms with Crippen LogP contribution in [0.2, 0.25) is 0 Å². The molecule has 1 heterocycles. The number of hydrogen-bond donors (Lipinski definition) is 6. The molecule has 1 amide bonds. The Labute approximate surface area is 335 Å². The maximum absolute atomic E-state index is 12.9. The van der Waals surface area contributed by atoms with Crippen molar-refractivity contribution in [3.05, 3.63) is 60.8 Å². The molecule has 0 aromatic rings. The van der Waals surface area contributed by atoms with Crippen LogP contribution in [0.3, 0.4) is 0 Å². The summed E-state index contributed by atoms with van der Waals surface area (Å²) in [6.45, 7) is 3.55. The van der Waals surface area contributed by atoms with Gasteiger partial charge >= 0.3 is 0 Å². The van der Waals surface area contributed by atoms with E-state index < -0.39 is 49.5 Å². The highest BCUT2D eigenvalue weighted by Gasteiger charge is 2.44. The molecule has 1 aliphatic heterocycles. The van der Waals surface area contributed by atoms with E-state index >= 15 is 0 Å². The fourth-order valence-corrected chi connectivity index (χ4v) is 6.53. The second kappa shape index (κ2) is 36.2. The van der Waals surface area contributed by atoms with E-state index in [2.05, 4.69) is 67.8 Å². The summed E-state index contributed by atoms with van der Waals surface area (Å²) < 4.78 is 11.2. The zero-order valence-electron chi connectivity index (χ0n) is 34.7. The quantitative estimate of drug-likeness (QED) is 0.0277. The molecule has 0 bridgehead atoms. The standard InChI is InChI=1S/C46H81NO8/c1-3-5-7-9-11-13-15-16-17-18-19-20-21-22-23-24-26-28-30-32-34-36-42(50)47-39(38-54-46-45(53)44(52)43(51)41(37-48)55-46)40(49)35-33-31-29-27-25-14-12-10-8-6-4-2/h5,7-8,10-11,13,25,27,33,35,39-41,43-46,48-49,51-53H,3-4,6,9,12,14-24,26,28-32,34,36-38H2,1-2H3,(H,47,50)/b7-5-,10-8+,13-11-,27-25+,35-33+. The molecule has 55 heavy (non-hydrogen) atoms. The maximum atomic E-state index is 12.9. The molecule has 0 saturated carbocycles. The first kappa shape index (κ1) is 50.9. The van der Waals surface area contributed by atoms with Crippen molar-refractivity contribution in [2.75, 3.05) is 13.2 Å². The minimum atomic E-state index is -1.57. The highest BCUT2D eigenvalue weighted by atomic mass is 16.7. The molecule has 318 valence electrons. The van der Waals surface area contributed by atoms with Gasteiger partial charge in [0.05, 0.1) is 25.4 Å². The van der Waals surface area contributed by atoms with Crippen LogP contribution >= 0.6 is 0 Å². The Morgan fingerprint density at radius 2 is 1.15 bits per heavy atom. The van der Waals surface area contributed by atoms with Gasteiger partial charge in [0.2, 0.25) is 5.91 Å². The summed E-state index contributed by atoms with van der Waals surface area (Å²) in [6, 6.07) is -0.827. The highest BCUT2D eigenvalue weighted by molar-refractivity contribution is 5.76. The van der Waals surface area contributed by atoms with Gasteiger partial charge in [-0.3, -0.25) is 4.79 Å². The third kappa shape index (κ3) is 27.2. The topological polar surface area (TPSA) is 149 Å². The Morgan fingerprint density at radius 1 is 0.636 bits per heavy atom. The lowest BCUT2D eigenvalue weighted by molar-refractivity contribution is -0.302. The van der Waals surface area contributed by atoms with Crippen LogP contribution in [0, 0.1) is 0 Å². The average molecular weight is 776 g/mol. The van der Waals surface area contributed by atoms with Crippen LogP contribution < -0.4 is 5.32 Å². The monoisotopic (exact) mass is 776 g/mol. The Kier molecular flexibility index (Phi) is 33.5. The molecular weight excluding hydrogens is 695 g/mol. The molecule has 9 nitrogen and oxygen atoms in total. The van der Waals surface area contributed by atoms with Crippen LogP contribution in [0.4, 0.5) is 0 Å². The van der Waals surface area contributed by atoms with Crippen LogP contribution in [0.15, 0.2) is 60.8 Å². The molecule has 7 atom stereocenters. The molecule has 1 rings (SSSR count). The van der Waals surface area contributed by atoms with Gasteiger partial charge in [0.15, 0.2) is 6.29 Å². The van der Waals surface area contributed by atoms with Crippen molar-refractivity contribution < 1.29 is 39.8 Å². The van der Waals surface area contributed by atoms with E-state index in [1.54, 1.807) is 6.08 Å². The first-order valence-electron chi connectivity index (χ1n) is 22.0. The molecule has 9 heteroatoms. The van der Waals surface area contributed by atoms with Crippen molar-refractivity contribution in [2.24, 2.45) is 0 Å². The Hall–Kier alpha value is -2.11. The van der Waals surface area contributed by atoms with Crippen molar-refractivity contribution in [1.29, 1.82) is 0 Å². The summed E-state index contributed by atoms with van der Waals surface area (Å²) in [6.07, 6.45) is 39.9. The molecule has 6 N–H and O–H groups in total. The molecule has 0 aliphatic carbocycles. The third-order valence-electron chi connectivity index (χ3n) is 10.0. The predicted molar refractivity (Wildman–Crippen MR) is 226 cm³/mol. The minimum Gasteiger partial charge on any atom is -0.394 e. The van der Waals surface area contributed by atoms with E-state index in [9.17, 15) is 30.3 Å². The van der Waals surface area contributed by atoms with Crippen molar-refractivity contribution in [1.82, 2.24) is 5.32 Å². The number of carbonyl (C=O) groups is 1. The van der Waals surface area contributed by atoms with Crippen LogP contribution in [-0.4, -0.2) is 87.5 Å². The summed E-state index contributed by atoms with van der Waals surface area (Å²) in [5.74, 6) is -0.196. The van der Waals surface area contributed by atoms with Gasteiger partial charge in [-0.05, 0) is 64.2 Å². The number of unbranched alkanes of at least 4 members (excludes halogenated alkanes) is 17. The molecule has 0 aromatic heterocycles. The van der Waals surface area contributed by atoms with Gasteiger partial charge in [-0.1, -0.05) is 158 Å². The lowest BCUT2D eigenvalue weighted by Crippen LogP contribution is -2.60. The number of allylic oxidation sites excluding steroid dienone is 9. The first-order chi connectivity index (χ1) is 26.8. The van der Waals surface area contributed by atoms with Gasteiger partial charge in [-0.2, -0.15) is 0 Å². The number of carbonyl (C=O) groups excluding carboxylic acids is 1. The largest absolute Gasteiger partial charge is 0.394 e. The Bertz CT molecular complexity index is 1040. The zero-order chi connectivity index (χ0) is 40.2. The van der Waals surface area contributed by atoms with Crippen molar-refractivity contribution in [2.45, 2.75) is 211 Å². The number of hydrogen-bond acceptors (Lipinski definition) is 8. The fourth-order valence-electron chi connectivity index (χ4n) is 6.53. The number of ether oxygens (including phenoxy) is 2. The molecule has 1 saturated heterocycles. The van der Waals surface area contributed by atoms with Crippen molar-refractivity contribution >= 4 is 5.91 Å². The minimum absolute atomic E-state index is 0.196. The van der Waals surface area contributed by atoms with E-state index in [0.717, 1.165) is 70.6 Å². The number of amides is 1. The first-order valence-corrected chi connectivity index (χ1v) is 22.0. The van der Waals surface area contributed by atoms with Crippen molar-refractivity contribution in [3.63, 3.8) is 0 Å². The molecule has 0 spiro atoms. The second-order valence-electron chi connectivity index (χ2n) is 15.1. The Morgan fingerprint density at radius 3 is 1.71 bits per heavy atom. The molecular formula is C46H81NO8. The van der Waals surface area contributed by atoms with E-state index in [4.69, 9.17) is 9.47 Å². The summed E-state index contributed by atoms with van der Waals surface area (Å²) >= 11 is 0. The fraction of sp³-hybridized carbons (Fsp3) is 0.761. The number of aliphatic hydroxyl groups is 5. The van der Waals surface area contributed by atoms with E-state index in [1.165, 1.54) is 77.0 Å². The van der Waals surface area contributed by atoms with E-state index in [0.29, 0.717) is 6.42 Å². The SMILES string of the molecule is CC/C=C\C/C=C\CCCCCCCCCCCCCCCCC(=O)NC(COC1OC(CO)C(O)C(O)C1O)C(O)/C=C/CC/C=C/CC/C=C/CCC. The Balaban J connectivity index is 2.32. The lowest BCUT2D eigenvalue weighted by Gasteiger charge is -2.40. The molecule has 1 aliphatic rings. The zero-order valence-corrected chi connectivity index (χ0v) is 34.7. The predicted octanol–water partition coefficient (Wildman–Crippen LogP) is 8.83. The van der Waals surface area contributed by atoms with Crippen molar-refractivity contribution in [3.8, 4) is 0 Å². The van der Waals surface area contributed by atoms with Gasteiger partial charge in [0, 0.05) is 6.42 Å². The maximum Gasteiger partial charge on any atom is 0.220 e. The van der Waals surface area contributed by atoms with Gasteiger partial charge < -0.3 is 40.3 Å². The van der Waals surface area contributed by atoms with Gasteiger partial charge in [0.1, 0.15) is 24.4 Å². The van der Waals surface area contributed by atoms with Gasteiger partial charge in [-0.25, -0.2) is 0 Å². The van der Waals surface area contributed by atoms with Crippen LogP contribution in [-0.2, 0) is 14.3 Å². The smallest absolute Gasteiger partial charge is 0.220 e. The van der Waals surface area contributed by atoms with E-state index in [-0.39, 0.29) is 12.5 Å². The molecule has 0 aromatic carbocycles. The molecule has 1 fully saturated rings. The number of rotatable bonds is 35. The van der Waals surface area contributed by atoms with Crippen LogP contribution in [0.25, 0.3) is 0 Å². The summed E-state index contributed by atoms with van der Waals surface area (Å²) in [7, 11) is 0. The third-order valence-corrected chi connectivity index (χ3v) is 10.0. The molecule has 7 unspecified atom stereocenters. The average Bonchev–Trinajstić information content (AvgIpc) is 3.18. The summed E-state index contributed by atoms with van der Waals surface area (Å²) in [5, 5.41) is 54.0. The lowest BCUT2D eigenvalue weighted by atomic mass is 9.99. The van der Waals surface area contributed by atoms with E-state index in [1.807, 2.05) is 6.08 Å². The summed E-state index contributed by atoms with van der Waals surface area (Å²) in [5.41, 5.74) is 0. The normalized spacial score (nSPS) is 21.9. The molecule has 0 radical (unpaired) electrons. The highest BCUT2D eigenvalue weighted by Crippen LogP contribution is 2.22. The van der Waals surface area contributed by atoms with Crippen LogP contribution in [0.5, 0.6) is 0 Å².